The van der Waals surface area contributed by atoms with Gasteiger partial charge in [-0.15, -0.1) is 0 Å². The Morgan fingerprint density at radius 3 is 2.74 bits per heavy atom. The van der Waals surface area contributed by atoms with Gasteiger partial charge in [0.15, 0.2) is 0 Å². The predicted molar refractivity (Wildman–Crippen MR) is 64.9 cm³/mol. The summed E-state index contributed by atoms with van der Waals surface area (Å²) >= 11 is 0. The van der Waals surface area contributed by atoms with Crippen LogP contribution in [0.5, 0.6) is 0 Å². The summed E-state index contributed by atoms with van der Waals surface area (Å²) in [6.07, 6.45) is 1.41. The Labute approximate surface area is 108 Å². The van der Waals surface area contributed by atoms with Gasteiger partial charge in [-0.2, -0.15) is 0 Å². The van der Waals surface area contributed by atoms with Crippen LogP contribution in [0.15, 0.2) is 16.9 Å². The maximum absolute atomic E-state index is 12.0. The SMILES string of the molecule is Cc1[nH]c(C(=O)O)c(C)c1C(=O)NCc1ccon1. The fraction of sp³-hybridized carbons (Fsp3) is 0.250. The van der Waals surface area contributed by atoms with Crippen molar-refractivity contribution in [3.63, 3.8) is 0 Å². The lowest BCUT2D eigenvalue weighted by Crippen LogP contribution is -2.24. The Morgan fingerprint density at radius 2 is 2.21 bits per heavy atom. The Hall–Kier alpha value is -2.57. The molecule has 19 heavy (non-hydrogen) atoms. The van der Waals surface area contributed by atoms with Crippen LogP contribution in [0.1, 0.15) is 37.8 Å². The van der Waals surface area contributed by atoms with E-state index in [0.717, 1.165) is 0 Å². The van der Waals surface area contributed by atoms with E-state index in [1.165, 1.54) is 6.26 Å². The van der Waals surface area contributed by atoms with E-state index in [9.17, 15) is 9.59 Å². The molecule has 0 unspecified atom stereocenters. The molecule has 100 valence electrons. The minimum absolute atomic E-state index is 0.0316. The maximum Gasteiger partial charge on any atom is 0.352 e. The number of aromatic amines is 1. The molecular weight excluding hydrogens is 250 g/mol. The van der Waals surface area contributed by atoms with Crippen LogP contribution in [-0.4, -0.2) is 27.1 Å². The molecule has 0 atom stereocenters. The molecule has 2 heterocycles. The first-order valence-electron chi connectivity index (χ1n) is 5.60. The minimum atomic E-state index is -1.09. The molecule has 0 aliphatic heterocycles. The fourth-order valence-electron chi connectivity index (χ4n) is 1.89. The van der Waals surface area contributed by atoms with Gasteiger partial charge in [-0.25, -0.2) is 4.79 Å². The second kappa shape index (κ2) is 4.97. The average Bonchev–Trinajstić information content (AvgIpc) is 2.94. The van der Waals surface area contributed by atoms with Gasteiger partial charge in [0.25, 0.3) is 5.91 Å². The molecule has 1 amide bonds. The summed E-state index contributed by atoms with van der Waals surface area (Å²) in [4.78, 5) is 25.7. The predicted octanol–water partition coefficient (Wildman–Crippen LogP) is 1.25. The van der Waals surface area contributed by atoms with E-state index in [0.29, 0.717) is 22.5 Å². The minimum Gasteiger partial charge on any atom is -0.477 e. The third-order valence-corrected chi connectivity index (χ3v) is 2.80. The van der Waals surface area contributed by atoms with Crippen LogP contribution < -0.4 is 5.32 Å². The number of nitrogens with one attached hydrogen (secondary N) is 2. The average molecular weight is 263 g/mol. The van der Waals surface area contributed by atoms with Crippen molar-refractivity contribution in [2.45, 2.75) is 20.4 Å². The van der Waals surface area contributed by atoms with Gasteiger partial charge in [-0.1, -0.05) is 5.16 Å². The van der Waals surface area contributed by atoms with Gasteiger partial charge >= 0.3 is 5.97 Å². The molecule has 2 aromatic rings. The van der Waals surface area contributed by atoms with Crippen LogP contribution >= 0.6 is 0 Å². The van der Waals surface area contributed by atoms with E-state index < -0.39 is 5.97 Å². The lowest BCUT2D eigenvalue weighted by Gasteiger charge is -2.03. The third kappa shape index (κ3) is 2.49. The smallest absolute Gasteiger partial charge is 0.352 e. The molecule has 0 saturated carbocycles. The van der Waals surface area contributed by atoms with Crippen LogP contribution in [0, 0.1) is 13.8 Å². The van der Waals surface area contributed by atoms with Crippen molar-refractivity contribution < 1.29 is 19.2 Å². The second-order valence-corrected chi connectivity index (χ2v) is 4.10. The fourth-order valence-corrected chi connectivity index (χ4v) is 1.89. The summed E-state index contributed by atoms with van der Waals surface area (Å²) in [7, 11) is 0. The quantitative estimate of drug-likeness (QED) is 0.769. The van der Waals surface area contributed by atoms with Gasteiger partial charge in [0.2, 0.25) is 0 Å². The number of carboxylic acid groups (broad SMARTS) is 1. The summed E-state index contributed by atoms with van der Waals surface area (Å²) in [5.41, 5.74) is 1.91. The first kappa shape index (κ1) is 12.9. The lowest BCUT2D eigenvalue weighted by atomic mass is 10.1. The maximum atomic E-state index is 12.0. The number of rotatable bonds is 4. The number of aryl methyl sites for hydroxylation is 1. The molecule has 0 aliphatic rings. The number of aromatic nitrogens is 2. The number of carboxylic acids is 1. The van der Waals surface area contributed by atoms with Crippen molar-refractivity contribution in [1.82, 2.24) is 15.5 Å². The number of nitrogens with zero attached hydrogens (tertiary/aromatic N) is 1. The number of carbonyl (C=O) groups is 2. The molecule has 2 aromatic heterocycles. The highest BCUT2D eigenvalue weighted by Gasteiger charge is 2.21. The number of H-pyrrole nitrogens is 1. The first-order chi connectivity index (χ1) is 9.00. The molecule has 0 spiro atoms. The van der Waals surface area contributed by atoms with Crippen molar-refractivity contribution >= 4 is 11.9 Å². The molecule has 0 bridgehead atoms. The molecule has 0 saturated heterocycles. The van der Waals surface area contributed by atoms with E-state index in [4.69, 9.17) is 5.11 Å². The topological polar surface area (TPSA) is 108 Å². The molecule has 0 radical (unpaired) electrons. The van der Waals surface area contributed by atoms with Crippen molar-refractivity contribution in [2.75, 3.05) is 0 Å². The van der Waals surface area contributed by atoms with Crippen LogP contribution in [-0.2, 0) is 6.54 Å². The van der Waals surface area contributed by atoms with Gasteiger partial charge in [0.05, 0.1) is 12.1 Å². The molecule has 3 N–H and O–H groups in total. The number of aromatic carboxylic acids is 1. The van der Waals surface area contributed by atoms with Gasteiger partial charge in [0, 0.05) is 11.8 Å². The van der Waals surface area contributed by atoms with Crippen molar-refractivity contribution in [1.29, 1.82) is 0 Å². The standard InChI is InChI=1S/C12H13N3O4/c1-6-9(7(2)14-10(6)12(17)18)11(16)13-5-8-3-4-19-15-8/h3-4,14H,5H2,1-2H3,(H,13,16)(H,17,18). The molecule has 0 aromatic carbocycles. The summed E-state index contributed by atoms with van der Waals surface area (Å²) < 4.78 is 4.65. The Morgan fingerprint density at radius 1 is 1.47 bits per heavy atom. The van der Waals surface area contributed by atoms with Crippen LogP contribution in [0.4, 0.5) is 0 Å². The molecule has 2 rings (SSSR count). The van der Waals surface area contributed by atoms with Crippen molar-refractivity contribution in [3.05, 3.63) is 40.5 Å². The Kier molecular flexibility index (Phi) is 3.37. The number of carbonyl (C=O) groups excluding carboxylic acids is 1. The highest BCUT2D eigenvalue weighted by molar-refractivity contribution is 6.00. The Bertz CT molecular complexity index is 613. The van der Waals surface area contributed by atoms with E-state index in [1.54, 1.807) is 19.9 Å². The van der Waals surface area contributed by atoms with Crippen LogP contribution in [0.25, 0.3) is 0 Å². The monoisotopic (exact) mass is 263 g/mol. The number of hydrogen-bond donors (Lipinski definition) is 3. The van der Waals surface area contributed by atoms with Gasteiger partial charge in [-0.3, -0.25) is 4.79 Å². The Balaban J connectivity index is 2.17. The van der Waals surface area contributed by atoms with E-state index in [-0.39, 0.29) is 18.1 Å². The molecular formula is C12H13N3O4. The zero-order chi connectivity index (χ0) is 14.0. The summed E-state index contributed by atoms with van der Waals surface area (Å²) in [5.74, 6) is -1.43. The summed E-state index contributed by atoms with van der Waals surface area (Å²) in [6, 6.07) is 1.64. The molecule has 0 fully saturated rings. The van der Waals surface area contributed by atoms with E-state index in [2.05, 4.69) is 20.0 Å². The zero-order valence-electron chi connectivity index (χ0n) is 10.5. The van der Waals surface area contributed by atoms with Crippen molar-refractivity contribution in [3.8, 4) is 0 Å². The van der Waals surface area contributed by atoms with Crippen LogP contribution in [0.3, 0.4) is 0 Å². The van der Waals surface area contributed by atoms with Crippen LogP contribution in [0.2, 0.25) is 0 Å². The normalized spacial score (nSPS) is 10.4. The summed E-state index contributed by atoms with van der Waals surface area (Å²) in [6.45, 7) is 3.48. The lowest BCUT2D eigenvalue weighted by molar-refractivity contribution is 0.0690. The highest BCUT2D eigenvalue weighted by atomic mass is 16.5. The first-order valence-corrected chi connectivity index (χ1v) is 5.60. The molecule has 0 aliphatic carbocycles. The summed E-state index contributed by atoms with van der Waals surface area (Å²) in [5, 5.41) is 15.3. The van der Waals surface area contributed by atoms with Gasteiger partial charge < -0.3 is 19.9 Å². The third-order valence-electron chi connectivity index (χ3n) is 2.80. The van der Waals surface area contributed by atoms with Crippen molar-refractivity contribution in [2.24, 2.45) is 0 Å². The largest absolute Gasteiger partial charge is 0.477 e. The molecule has 7 heteroatoms. The number of hydrogen-bond acceptors (Lipinski definition) is 4. The second-order valence-electron chi connectivity index (χ2n) is 4.10. The molecule has 7 nitrogen and oxygen atoms in total. The van der Waals surface area contributed by atoms with E-state index in [1.807, 2.05) is 0 Å². The number of amides is 1. The van der Waals surface area contributed by atoms with Gasteiger partial charge in [-0.05, 0) is 19.4 Å². The highest BCUT2D eigenvalue weighted by Crippen LogP contribution is 2.17. The van der Waals surface area contributed by atoms with Gasteiger partial charge in [0.1, 0.15) is 17.7 Å². The zero-order valence-corrected chi connectivity index (χ0v) is 10.5. The van der Waals surface area contributed by atoms with E-state index >= 15 is 0 Å².